The van der Waals surface area contributed by atoms with Gasteiger partial charge in [-0.15, -0.1) is 0 Å². The summed E-state index contributed by atoms with van der Waals surface area (Å²) in [6.45, 7) is 2.61. The Morgan fingerprint density at radius 3 is 2.74 bits per heavy atom. The van der Waals surface area contributed by atoms with Crippen molar-refractivity contribution in [3.63, 3.8) is 0 Å². The summed E-state index contributed by atoms with van der Waals surface area (Å²) < 4.78 is 1.84. The fourth-order valence-corrected chi connectivity index (χ4v) is 2.42. The van der Waals surface area contributed by atoms with E-state index in [-0.39, 0.29) is 12.3 Å². The maximum absolute atomic E-state index is 12.1. The average molecular weight is 317 g/mol. The van der Waals surface area contributed by atoms with Crippen molar-refractivity contribution >= 4 is 17.5 Å². The first kappa shape index (κ1) is 17.0. The Labute approximate surface area is 135 Å². The Hall–Kier alpha value is -2.37. The number of aliphatic carboxylic acids is 1. The summed E-state index contributed by atoms with van der Waals surface area (Å²) in [7, 11) is 0. The minimum atomic E-state index is -0.736. The number of aryl methyl sites for hydroxylation is 1. The summed E-state index contributed by atoms with van der Waals surface area (Å²) in [5, 5.41) is 11.4. The number of carboxylic acid groups (broad SMARTS) is 1. The molecule has 0 aliphatic heterocycles. The number of carboxylic acids is 1. The van der Waals surface area contributed by atoms with Crippen LogP contribution in [-0.4, -0.2) is 32.9 Å². The third-order valence-corrected chi connectivity index (χ3v) is 3.70. The molecule has 2 aromatic heterocycles. The number of nitrogens with zero attached hydrogens (tertiary/aromatic N) is 2. The van der Waals surface area contributed by atoms with Crippen molar-refractivity contribution in [2.45, 2.75) is 45.4 Å². The van der Waals surface area contributed by atoms with Crippen LogP contribution in [0.1, 0.15) is 54.6 Å². The number of carbonyl (C=O) groups excluding carboxylic acids is 1. The van der Waals surface area contributed by atoms with Gasteiger partial charge in [-0.25, -0.2) is 4.98 Å². The molecule has 0 unspecified atom stereocenters. The van der Waals surface area contributed by atoms with Crippen LogP contribution in [0.5, 0.6) is 0 Å². The van der Waals surface area contributed by atoms with E-state index in [1.165, 1.54) is 0 Å². The molecule has 0 bridgehead atoms. The van der Waals surface area contributed by atoms with Crippen LogP contribution in [0.2, 0.25) is 0 Å². The molecule has 0 saturated heterocycles. The van der Waals surface area contributed by atoms with Gasteiger partial charge in [0.2, 0.25) is 0 Å². The molecule has 0 atom stereocenters. The highest BCUT2D eigenvalue weighted by atomic mass is 16.4. The minimum absolute atomic E-state index is 0.155. The predicted molar refractivity (Wildman–Crippen MR) is 87.6 cm³/mol. The smallest absolute Gasteiger partial charge is 0.303 e. The highest BCUT2D eigenvalue weighted by Crippen LogP contribution is 2.08. The van der Waals surface area contributed by atoms with E-state index in [9.17, 15) is 9.59 Å². The molecular weight excluding hydrogens is 294 g/mol. The van der Waals surface area contributed by atoms with Crippen molar-refractivity contribution in [1.29, 1.82) is 0 Å². The molecule has 6 nitrogen and oxygen atoms in total. The highest BCUT2D eigenvalue weighted by molar-refractivity contribution is 5.92. The Bertz CT molecular complexity index is 679. The Morgan fingerprint density at radius 2 is 1.96 bits per heavy atom. The van der Waals surface area contributed by atoms with Crippen LogP contribution >= 0.6 is 0 Å². The van der Waals surface area contributed by atoms with Gasteiger partial charge in [0.05, 0.1) is 0 Å². The Balaban J connectivity index is 1.67. The number of hydrogen-bond acceptors (Lipinski definition) is 3. The van der Waals surface area contributed by atoms with Gasteiger partial charge >= 0.3 is 5.97 Å². The number of pyridine rings is 1. The van der Waals surface area contributed by atoms with Crippen LogP contribution in [-0.2, 0) is 4.79 Å². The lowest BCUT2D eigenvalue weighted by molar-refractivity contribution is -0.137. The van der Waals surface area contributed by atoms with Crippen molar-refractivity contribution in [3.05, 3.63) is 35.8 Å². The monoisotopic (exact) mass is 317 g/mol. The number of imidazole rings is 1. The number of rotatable bonds is 9. The molecule has 0 saturated carbocycles. The lowest BCUT2D eigenvalue weighted by Gasteiger charge is -2.03. The molecule has 0 radical (unpaired) electrons. The molecule has 23 heavy (non-hydrogen) atoms. The average Bonchev–Trinajstić information content (AvgIpc) is 2.92. The molecular formula is C17H23N3O3. The number of unbranched alkanes of at least 4 members (excludes halogenated alkanes) is 4. The van der Waals surface area contributed by atoms with Crippen molar-refractivity contribution < 1.29 is 14.7 Å². The van der Waals surface area contributed by atoms with Crippen LogP contribution in [0.4, 0.5) is 0 Å². The second-order valence-electron chi connectivity index (χ2n) is 5.76. The number of hydrogen-bond donors (Lipinski definition) is 2. The second kappa shape index (κ2) is 8.31. The molecule has 1 amide bonds. The topological polar surface area (TPSA) is 83.7 Å². The summed E-state index contributed by atoms with van der Waals surface area (Å²) >= 11 is 0. The van der Waals surface area contributed by atoms with Gasteiger partial charge in [-0.05, 0) is 37.5 Å². The molecule has 0 aliphatic rings. The predicted octanol–water partition coefficient (Wildman–Crippen LogP) is 2.80. The van der Waals surface area contributed by atoms with E-state index < -0.39 is 5.97 Å². The fraction of sp³-hybridized carbons (Fsp3) is 0.471. The standard InChI is InChI=1S/C17H23N3O3/c1-13-8-10-20-12-14(19-15(20)11-13)17(23)18-9-6-4-2-3-5-7-16(21)22/h8,10-12H,2-7,9H2,1H3,(H,18,23)(H,21,22). The van der Waals surface area contributed by atoms with Gasteiger partial charge in [-0.2, -0.15) is 0 Å². The first-order valence-electron chi connectivity index (χ1n) is 8.01. The molecule has 0 aliphatic carbocycles. The molecule has 0 aromatic carbocycles. The Morgan fingerprint density at radius 1 is 1.22 bits per heavy atom. The van der Waals surface area contributed by atoms with Crippen molar-refractivity contribution in [3.8, 4) is 0 Å². The molecule has 6 heteroatoms. The van der Waals surface area contributed by atoms with E-state index in [4.69, 9.17) is 5.11 Å². The molecule has 2 heterocycles. The molecule has 0 fully saturated rings. The number of carbonyl (C=O) groups is 2. The molecule has 2 aromatic rings. The SMILES string of the molecule is Cc1ccn2cc(C(=O)NCCCCCCCC(=O)O)nc2c1. The Kier molecular flexibility index (Phi) is 6.14. The quantitative estimate of drug-likeness (QED) is 0.697. The van der Waals surface area contributed by atoms with Gasteiger partial charge in [-0.3, -0.25) is 9.59 Å². The molecule has 124 valence electrons. The fourth-order valence-electron chi connectivity index (χ4n) is 2.42. The second-order valence-corrected chi connectivity index (χ2v) is 5.76. The van der Waals surface area contributed by atoms with E-state index >= 15 is 0 Å². The van der Waals surface area contributed by atoms with Gasteiger partial charge in [-0.1, -0.05) is 19.3 Å². The van der Waals surface area contributed by atoms with Crippen LogP contribution in [0, 0.1) is 6.92 Å². The summed E-state index contributed by atoms with van der Waals surface area (Å²) in [4.78, 5) is 26.8. The molecule has 0 spiro atoms. The van der Waals surface area contributed by atoms with Crippen molar-refractivity contribution in [1.82, 2.24) is 14.7 Å². The highest BCUT2D eigenvalue weighted by Gasteiger charge is 2.09. The first-order valence-corrected chi connectivity index (χ1v) is 8.01. The van der Waals surface area contributed by atoms with E-state index in [2.05, 4.69) is 10.3 Å². The van der Waals surface area contributed by atoms with Crippen LogP contribution in [0.25, 0.3) is 5.65 Å². The van der Waals surface area contributed by atoms with E-state index in [1.807, 2.05) is 29.7 Å². The summed E-state index contributed by atoms with van der Waals surface area (Å²) in [5.41, 5.74) is 2.31. The van der Waals surface area contributed by atoms with Crippen LogP contribution in [0.15, 0.2) is 24.5 Å². The third-order valence-electron chi connectivity index (χ3n) is 3.70. The number of amides is 1. The van der Waals surface area contributed by atoms with E-state index in [1.54, 1.807) is 6.20 Å². The minimum Gasteiger partial charge on any atom is -0.481 e. The van der Waals surface area contributed by atoms with Gasteiger partial charge in [0, 0.05) is 25.4 Å². The van der Waals surface area contributed by atoms with Crippen molar-refractivity contribution in [2.24, 2.45) is 0 Å². The van der Waals surface area contributed by atoms with E-state index in [0.717, 1.165) is 43.3 Å². The maximum Gasteiger partial charge on any atom is 0.303 e. The zero-order valence-electron chi connectivity index (χ0n) is 13.4. The zero-order valence-corrected chi connectivity index (χ0v) is 13.4. The van der Waals surface area contributed by atoms with Crippen molar-refractivity contribution in [2.75, 3.05) is 6.54 Å². The lowest BCUT2D eigenvalue weighted by Crippen LogP contribution is -2.24. The number of aromatic nitrogens is 2. The summed E-state index contributed by atoms with van der Waals surface area (Å²) in [5.74, 6) is -0.892. The van der Waals surface area contributed by atoms with Gasteiger partial charge in [0.25, 0.3) is 5.91 Å². The molecule has 2 rings (SSSR count). The van der Waals surface area contributed by atoms with Crippen LogP contribution in [0.3, 0.4) is 0 Å². The molecule has 2 N–H and O–H groups in total. The third kappa shape index (κ3) is 5.39. The zero-order chi connectivity index (χ0) is 16.7. The van der Waals surface area contributed by atoms with Gasteiger partial charge < -0.3 is 14.8 Å². The first-order chi connectivity index (χ1) is 11.1. The summed E-state index contributed by atoms with van der Waals surface area (Å²) in [6, 6.07) is 3.91. The number of fused-ring (bicyclic) bond motifs is 1. The number of nitrogens with one attached hydrogen (secondary N) is 1. The van der Waals surface area contributed by atoms with Gasteiger partial charge in [0.15, 0.2) is 0 Å². The van der Waals surface area contributed by atoms with Gasteiger partial charge in [0.1, 0.15) is 11.3 Å². The lowest BCUT2D eigenvalue weighted by atomic mass is 10.1. The summed E-state index contributed by atoms with van der Waals surface area (Å²) in [6.07, 6.45) is 8.40. The largest absolute Gasteiger partial charge is 0.481 e. The maximum atomic E-state index is 12.1. The van der Waals surface area contributed by atoms with Crippen LogP contribution < -0.4 is 5.32 Å². The van der Waals surface area contributed by atoms with E-state index in [0.29, 0.717) is 12.2 Å². The normalized spacial score (nSPS) is 10.8.